The summed E-state index contributed by atoms with van der Waals surface area (Å²) in [6.07, 6.45) is 2.52. The highest BCUT2D eigenvalue weighted by molar-refractivity contribution is 7.15. The van der Waals surface area contributed by atoms with Gasteiger partial charge in [0.15, 0.2) is 5.13 Å². The van der Waals surface area contributed by atoms with E-state index in [4.69, 9.17) is 4.98 Å². The standard InChI is InChI=1S/C15H20N2OS2/c1-10(2)14-13(8-18)20-15(16-14)17(12-3-4-12)7-11-5-6-19-9-11/h5-6,9-10,12,18H,3-4,7-8H2,1-2H3. The first-order valence-electron chi connectivity index (χ1n) is 7.07. The van der Waals surface area contributed by atoms with Crippen LogP contribution >= 0.6 is 22.7 Å². The van der Waals surface area contributed by atoms with Crippen molar-refractivity contribution in [1.29, 1.82) is 0 Å². The Morgan fingerprint density at radius 3 is 2.75 bits per heavy atom. The molecule has 1 fully saturated rings. The minimum atomic E-state index is 0.0993. The van der Waals surface area contributed by atoms with E-state index in [9.17, 15) is 5.11 Å². The summed E-state index contributed by atoms with van der Waals surface area (Å²) in [5.74, 6) is 0.365. The predicted octanol–water partition coefficient (Wildman–Crippen LogP) is 3.99. The number of aliphatic hydroxyl groups is 1. The lowest BCUT2D eigenvalue weighted by atomic mass is 10.1. The number of thiophene rings is 1. The average Bonchev–Trinajstić information content (AvgIpc) is 2.98. The molecule has 1 N–H and O–H groups in total. The van der Waals surface area contributed by atoms with Gasteiger partial charge in [0.05, 0.1) is 17.2 Å². The van der Waals surface area contributed by atoms with E-state index in [1.54, 1.807) is 22.7 Å². The van der Waals surface area contributed by atoms with Gasteiger partial charge in [-0.3, -0.25) is 0 Å². The molecule has 0 unspecified atom stereocenters. The zero-order valence-corrected chi connectivity index (χ0v) is 13.5. The number of anilines is 1. The van der Waals surface area contributed by atoms with Crippen molar-refractivity contribution >= 4 is 27.8 Å². The van der Waals surface area contributed by atoms with Crippen LogP contribution in [0.25, 0.3) is 0 Å². The predicted molar refractivity (Wildman–Crippen MR) is 85.6 cm³/mol. The molecule has 2 aromatic heterocycles. The van der Waals surface area contributed by atoms with Crippen LogP contribution in [0.5, 0.6) is 0 Å². The molecular formula is C15H20N2OS2. The number of hydrogen-bond donors (Lipinski definition) is 1. The first-order chi connectivity index (χ1) is 9.69. The van der Waals surface area contributed by atoms with Crippen molar-refractivity contribution in [2.75, 3.05) is 4.90 Å². The fourth-order valence-corrected chi connectivity index (χ4v) is 4.16. The maximum Gasteiger partial charge on any atom is 0.186 e. The van der Waals surface area contributed by atoms with Gasteiger partial charge in [-0.15, -0.1) is 0 Å². The van der Waals surface area contributed by atoms with Gasteiger partial charge in [-0.1, -0.05) is 25.2 Å². The van der Waals surface area contributed by atoms with Gasteiger partial charge in [0.1, 0.15) is 0 Å². The number of rotatable bonds is 6. The smallest absolute Gasteiger partial charge is 0.186 e. The minimum Gasteiger partial charge on any atom is -0.391 e. The van der Waals surface area contributed by atoms with Crippen LogP contribution in [0, 0.1) is 0 Å². The number of aromatic nitrogens is 1. The number of thiazole rings is 1. The zero-order valence-electron chi connectivity index (χ0n) is 11.9. The number of hydrogen-bond acceptors (Lipinski definition) is 5. The van der Waals surface area contributed by atoms with Crippen LogP contribution in [0.15, 0.2) is 16.8 Å². The lowest BCUT2D eigenvalue weighted by molar-refractivity contribution is 0.283. The Labute approximate surface area is 127 Å². The zero-order chi connectivity index (χ0) is 14.1. The van der Waals surface area contributed by atoms with Crippen molar-refractivity contribution in [3.05, 3.63) is 33.0 Å². The molecule has 0 atom stereocenters. The molecule has 3 rings (SSSR count). The molecule has 1 aliphatic carbocycles. The van der Waals surface area contributed by atoms with E-state index in [-0.39, 0.29) is 6.61 Å². The fraction of sp³-hybridized carbons (Fsp3) is 0.533. The summed E-state index contributed by atoms with van der Waals surface area (Å²) in [4.78, 5) is 8.24. The van der Waals surface area contributed by atoms with E-state index >= 15 is 0 Å². The highest BCUT2D eigenvalue weighted by atomic mass is 32.1. The van der Waals surface area contributed by atoms with Gasteiger partial charge in [0, 0.05) is 12.6 Å². The Hall–Kier alpha value is -0.910. The van der Waals surface area contributed by atoms with E-state index in [1.165, 1.54) is 18.4 Å². The van der Waals surface area contributed by atoms with Gasteiger partial charge in [-0.25, -0.2) is 4.98 Å². The second kappa shape index (κ2) is 5.84. The van der Waals surface area contributed by atoms with Crippen LogP contribution in [0.3, 0.4) is 0 Å². The molecule has 0 amide bonds. The minimum absolute atomic E-state index is 0.0993. The SMILES string of the molecule is CC(C)c1nc(N(Cc2ccsc2)C2CC2)sc1CO. The van der Waals surface area contributed by atoms with Crippen molar-refractivity contribution in [1.82, 2.24) is 4.98 Å². The molecule has 0 bridgehead atoms. The van der Waals surface area contributed by atoms with Crippen LogP contribution in [0.4, 0.5) is 5.13 Å². The highest BCUT2D eigenvalue weighted by Gasteiger charge is 2.32. The van der Waals surface area contributed by atoms with Gasteiger partial charge in [0.25, 0.3) is 0 Å². The van der Waals surface area contributed by atoms with Crippen molar-refractivity contribution in [3.63, 3.8) is 0 Å². The van der Waals surface area contributed by atoms with Crippen molar-refractivity contribution in [3.8, 4) is 0 Å². The Kier molecular flexibility index (Phi) is 4.10. The lowest BCUT2D eigenvalue weighted by Crippen LogP contribution is -2.24. The molecule has 3 nitrogen and oxygen atoms in total. The molecule has 0 aromatic carbocycles. The first kappa shape index (κ1) is 14.0. The molecular weight excluding hydrogens is 288 g/mol. The number of nitrogens with zero attached hydrogens (tertiary/aromatic N) is 2. The highest BCUT2D eigenvalue weighted by Crippen LogP contribution is 2.38. The summed E-state index contributed by atoms with van der Waals surface area (Å²) in [7, 11) is 0. The third-order valence-electron chi connectivity index (χ3n) is 3.57. The normalized spacial score (nSPS) is 15.0. The first-order valence-corrected chi connectivity index (χ1v) is 8.83. The van der Waals surface area contributed by atoms with E-state index in [0.717, 1.165) is 22.2 Å². The topological polar surface area (TPSA) is 36.4 Å². The molecule has 2 aromatic rings. The maximum absolute atomic E-state index is 9.53. The fourth-order valence-electron chi connectivity index (χ4n) is 2.36. The molecule has 0 saturated heterocycles. The Morgan fingerprint density at radius 1 is 1.45 bits per heavy atom. The molecule has 0 radical (unpaired) electrons. The van der Waals surface area contributed by atoms with Gasteiger partial charge < -0.3 is 10.0 Å². The van der Waals surface area contributed by atoms with E-state index in [1.807, 2.05) is 0 Å². The largest absolute Gasteiger partial charge is 0.391 e. The Bertz CT molecular complexity index is 558. The molecule has 0 spiro atoms. The summed E-state index contributed by atoms with van der Waals surface area (Å²) in [6.45, 7) is 5.31. The summed E-state index contributed by atoms with van der Waals surface area (Å²) in [6, 6.07) is 2.82. The van der Waals surface area contributed by atoms with E-state index < -0.39 is 0 Å². The van der Waals surface area contributed by atoms with Crippen LogP contribution in [-0.4, -0.2) is 16.1 Å². The molecule has 2 heterocycles. The van der Waals surface area contributed by atoms with E-state index in [0.29, 0.717) is 12.0 Å². The Balaban J connectivity index is 1.87. The molecule has 0 aliphatic heterocycles. The third-order valence-corrected chi connectivity index (χ3v) is 5.40. The van der Waals surface area contributed by atoms with Crippen molar-refractivity contribution in [2.45, 2.75) is 51.8 Å². The summed E-state index contributed by atoms with van der Waals surface area (Å²) < 4.78 is 0. The second-order valence-corrected chi connectivity index (χ2v) is 7.45. The van der Waals surface area contributed by atoms with E-state index in [2.05, 4.69) is 35.6 Å². The van der Waals surface area contributed by atoms with Gasteiger partial charge in [-0.2, -0.15) is 11.3 Å². The maximum atomic E-state index is 9.53. The quantitative estimate of drug-likeness (QED) is 0.876. The molecule has 5 heteroatoms. The van der Waals surface area contributed by atoms with Gasteiger partial charge in [0.2, 0.25) is 0 Å². The number of aliphatic hydroxyl groups excluding tert-OH is 1. The van der Waals surface area contributed by atoms with Crippen LogP contribution in [-0.2, 0) is 13.2 Å². The monoisotopic (exact) mass is 308 g/mol. The van der Waals surface area contributed by atoms with Crippen molar-refractivity contribution < 1.29 is 5.11 Å². The Morgan fingerprint density at radius 2 is 2.25 bits per heavy atom. The van der Waals surface area contributed by atoms with Crippen molar-refractivity contribution in [2.24, 2.45) is 0 Å². The summed E-state index contributed by atoms with van der Waals surface area (Å²) >= 11 is 3.40. The third kappa shape index (κ3) is 2.90. The molecule has 1 saturated carbocycles. The lowest BCUT2D eigenvalue weighted by Gasteiger charge is -2.20. The average molecular weight is 308 g/mol. The van der Waals surface area contributed by atoms with Crippen LogP contribution in [0.2, 0.25) is 0 Å². The van der Waals surface area contributed by atoms with Gasteiger partial charge >= 0.3 is 0 Å². The molecule has 1 aliphatic rings. The molecule has 108 valence electrons. The second-order valence-electron chi connectivity index (χ2n) is 5.61. The van der Waals surface area contributed by atoms with Gasteiger partial charge in [-0.05, 0) is 41.1 Å². The van der Waals surface area contributed by atoms with Crippen LogP contribution in [0.1, 0.15) is 48.7 Å². The molecule has 20 heavy (non-hydrogen) atoms. The van der Waals surface area contributed by atoms with Crippen LogP contribution < -0.4 is 4.90 Å². The summed E-state index contributed by atoms with van der Waals surface area (Å²) in [5, 5.41) is 14.9. The summed E-state index contributed by atoms with van der Waals surface area (Å²) in [5.41, 5.74) is 2.41.